The number of pyridine rings is 1. The van der Waals surface area contributed by atoms with Crippen molar-refractivity contribution in [3.63, 3.8) is 0 Å². The molecule has 0 saturated heterocycles. The van der Waals surface area contributed by atoms with Crippen molar-refractivity contribution < 1.29 is 4.74 Å². The van der Waals surface area contributed by atoms with E-state index in [9.17, 15) is 4.79 Å². The molecule has 138 valence electrons. The smallest absolute Gasteiger partial charge is 0.334 e. The summed E-state index contributed by atoms with van der Waals surface area (Å²) in [6.07, 6.45) is 7.19. The fourth-order valence-corrected chi connectivity index (χ4v) is 3.04. The second-order valence-electron chi connectivity index (χ2n) is 6.24. The average molecular weight is 361 g/mol. The first-order valence-electron chi connectivity index (χ1n) is 8.75. The molecule has 0 unspecified atom stereocenters. The van der Waals surface area contributed by atoms with Crippen LogP contribution in [-0.4, -0.2) is 21.2 Å². The summed E-state index contributed by atoms with van der Waals surface area (Å²) in [4.78, 5) is 17.3. The number of allylic oxidation sites excluding steroid dienone is 3. The zero-order valence-corrected chi connectivity index (χ0v) is 15.8. The lowest BCUT2D eigenvalue weighted by Gasteiger charge is -2.10. The van der Waals surface area contributed by atoms with Crippen LogP contribution in [0.25, 0.3) is 11.4 Å². The molecule has 0 N–H and O–H groups in total. The zero-order valence-electron chi connectivity index (χ0n) is 15.8. The molecule has 5 nitrogen and oxygen atoms in total. The molecule has 0 fully saturated rings. The number of hydrogen-bond donors (Lipinski definition) is 0. The van der Waals surface area contributed by atoms with Gasteiger partial charge in [-0.25, -0.2) is 4.79 Å². The SMILES string of the molecule is C=C/C(=C\C)c1ccc(-n2ccn(Cc3cccc(C)c3)c2=O)nc1OC. The van der Waals surface area contributed by atoms with E-state index in [1.807, 2.05) is 50.3 Å². The maximum absolute atomic E-state index is 12.8. The Morgan fingerprint density at radius 1 is 1.26 bits per heavy atom. The Labute approximate surface area is 158 Å². The number of imidazole rings is 1. The predicted molar refractivity (Wildman–Crippen MR) is 109 cm³/mol. The van der Waals surface area contributed by atoms with Gasteiger partial charge >= 0.3 is 5.69 Å². The number of methoxy groups -OCH3 is 1. The van der Waals surface area contributed by atoms with Crippen LogP contribution in [0.2, 0.25) is 0 Å². The van der Waals surface area contributed by atoms with E-state index in [0.29, 0.717) is 18.2 Å². The number of ether oxygens (including phenoxy) is 1. The van der Waals surface area contributed by atoms with Crippen LogP contribution in [0.3, 0.4) is 0 Å². The standard InChI is InChI=1S/C22H23N3O2/c1-5-18(6-2)19-10-11-20(23-21(19)27-4)25-13-12-24(22(25)26)15-17-9-7-8-16(3)14-17/h5-14H,1,15H2,2-4H3/b18-6+. The molecular weight excluding hydrogens is 338 g/mol. The van der Waals surface area contributed by atoms with Gasteiger partial charge in [-0.3, -0.25) is 9.13 Å². The van der Waals surface area contributed by atoms with Crippen LogP contribution >= 0.6 is 0 Å². The van der Waals surface area contributed by atoms with Gasteiger partial charge in [-0.2, -0.15) is 4.98 Å². The van der Waals surface area contributed by atoms with E-state index >= 15 is 0 Å². The maximum atomic E-state index is 12.8. The van der Waals surface area contributed by atoms with Crippen LogP contribution in [0.4, 0.5) is 0 Å². The van der Waals surface area contributed by atoms with Gasteiger partial charge in [0, 0.05) is 18.0 Å². The average Bonchev–Trinajstić information content (AvgIpc) is 3.03. The highest BCUT2D eigenvalue weighted by Crippen LogP contribution is 2.25. The fraction of sp³-hybridized carbons (Fsp3) is 0.182. The van der Waals surface area contributed by atoms with E-state index in [1.165, 1.54) is 10.1 Å². The Hall–Kier alpha value is -3.34. The predicted octanol–water partition coefficient (Wildman–Crippen LogP) is 3.99. The Morgan fingerprint density at radius 3 is 2.74 bits per heavy atom. The van der Waals surface area contributed by atoms with Crippen molar-refractivity contribution in [2.24, 2.45) is 0 Å². The number of aromatic nitrogens is 3. The highest BCUT2D eigenvalue weighted by molar-refractivity contribution is 5.76. The van der Waals surface area contributed by atoms with Crippen molar-refractivity contribution in [1.82, 2.24) is 14.1 Å². The Bertz CT molecular complexity index is 1060. The van der Waals surface area contributed by atoms with Crippen LogP contribution in [0.5, 0.6) is 5.88 Å². The molecule has 0 saturated carbocycles. The summed E-state index contributed by atoms with van der Waals surface area (Å²) < 4.78 is 8.61. The highest BCUT2D eigenvalue weighted by atomic mass is 16.5. The topological polar surface area (TPSA) is 49.0 Å². The Morgan fingerprint density at radius 2 is 2.07 bits per heavy atom. The van der Waals surface area contributed by atoms with Gasteiger partial charge in [0.25, 0.3) is 0 Å². The number of hydrogen-bond acceptors (Lipinski definition) is 3. The van der Waals surface area contributed by atoms with Crippen molar-refractivity contribution in [3.8, 4) is 11.7 Å². The van der Waals surface area contributed by atoms with Gasteiger partial charge in [-0.15, -0.1) is 0 Å². The fourth-order valence-electron chi connectivity index (χ4n) is 3.04. The molecule has 2 heterocycles. The number of benzene rings is 1. The van der Waals surface area contributed by atoms with Gasteiger partial charge in [0.2, 0.25) is 5.88 Å². The molecule has 0 atom stereocenters. The van der Waals surface area contributed by atoms with E-state index in [2.05, 4.69) is 17.6 Å². The first-order chi connectivity index (χ1) is 13.1. The van der Waals surface area contributed by atoms with Crippen LogP contribution in [0.15, 0.2) is 72.3 Å². The van der Waals surface area contributed by atoms with Gasteiger partial charge in [-0.05, 0) is 37.1 Å². The lowest BCUT2D eigenvalue weighted by molar-refractivity contribution is 0.396. The third kappa shape index (κ3) is 3.77. The lowest BCUT2D eigenvalue weighted by atomic mass is 10.1. The number of aryl methyl sites for hydroxylation is 1. The first-order valence-corrected chi connectivity index (χ1v) is 8.75. The Balaban J connectivity index is 1.97. The summed E-state index contributed by atoms with van der Waals surface area (Å²) in [5.74, 6) is 0.974. The van der Waals surface area contributed by atoms with Gasteiger partial charge in [-0.1, -0.05) is 48.6 Å². The van der Waals surface area contributed by atoms with Crippen LogP contribution in [0.1, 0.15) is 23.6 Å². The molecule has 2 aromatic heterocycles. The van der Waals surface area contributed by atoms with Gasteiger partial charge < -0.3 is 4.74 Å². The molecular formula is C22H23N3O2. The van der Waals surface area contributed by atoms with Crippen LogP contribution < -0.4 is 10.4 Å². The summed E-state index contributed by atoms with van der Waals surface area (Å²) >= 11 is 0. The molecule has 5 heteroatoms. The van der Waals surface area contributed by atoms with Gasteiger partial charge in [0.15, 0.2) is 0 Å². The van der Waals surface area contributed by atoms with Crippen molar-refractivity contribution >= 4 is 5.57 Å². The van der Waals surface area contributed by atoms with E-state index in [1.54, 1.807) is 30.1 Å². The minimum Gasteiger partial charge on any atom is -0.480 e. The molecule has 0 aliphatic heterocycles. The van der Waals surface area contributed by atoms with E-state index in [-0.39, 0.29) is 5.69 Å². The third-order valence-corrected chi connectivity index (χ3v) is 4.41. The van der Waals surface area contributed by atoms with Crippen molar-refractivity contribution in [2.75, 3.05) is 7.11 Å². The molecule has 3 aromatic rings. The molecule has 0 aliphatic carbocycles. The largest absolute Gasteiger partial charge is 0.480 e. The molecule has 1 aromatic carbocycles. The summed E-state index contributed by atoms with van der Waals surface area (Å²) in [6.45, 7) is 8.30. The Kier molecular flexibility index (Phi) is 5.41. The second kappa shape index (κ2) is 7.91. The van der Waals surface area contributed by atoms with E-state index in [4.69, 9.17) is 4.74 Å². The molecule has 0 spiro atoms. The number of nitrogens with zero attached hydrogens (tertiary/aromatic N) is 3. The third-order valence-electron chi connectivity index (χ3n) is 4.41. The minimum atomic E-state index is -0.145. The highest BCUT2D eigenvalue weighted by Gasteiger charge is 2.12. The molecule has 0 bridgehead atoms. The van der Waals surface area contributed by atoms with E-state index < -0.39 is 0 Å². The van der Waals surface area contributed by atoms with Crippen LogP contribution in [0, 0.1) is 6.92 Å². The van der Waals surface area contributed by atoms with Gasteiger partial charge in [0.1, 0.15) is 5.82 Å². The van der Waals surface area contributed by atoms with Crippen LogP contribution in [-0.2, 0) is 6.54 Å². The van der Waals surface area contributed by atoms with Crippen molar-refractivity contribution in [3.05, 3.63) is 94.7 Å². The molecule has 0 amide bonds. The lowest BCUT2D eigenvalue weighted by Crippen LogP contribution is -2.24. The summed E-state index contributed by atoms with van der Waals surface area (Å²) in [5.41, 5.74) is 3.87. The van der Waals surface area contributed by atoms with E-state index in [0.717, 1.165) is 16.7 Å². The zero-order chi connectivity index (χ0) is 19.4. The minimum absolute atomic E-state index is 0.145. The quantitative estimate of drug-likeness (QED) is 0.624. The number of rotatable bonds is 6. The van der Waals surface area contributed by atoms with Crippen molar-refractivity contribution in [2.45, 2.75) is 20.4 Å². The molecule has 0 radical (unpaired) electrons. The second-order valence-corrected chi connectivity index (χ2v) is 6.24. The maximum Gasteiger partial charge on any atom is 0.334 e. The first kappa shape index (κ1) is 18.5. The molecule has 27 heavy (non-hydrogen) atoms. The van der Waals surface area contributed by atoms with Crippen molar-refractivity contribution in [1.29, 1.82) is 0 Å². The summed E-state index contributed by atoms with van der Waals surface area (Å²) in [6, 6.07) is 11.8. The van der Waals surface area contributed by atoms with Gasteiger partial charge in [0.05, 0.1) is 13.7 Å². The molecule has 0 aliphatic rings. The monoisotopic (exact) mass is 361 g/mol. The molecule has 3 rings (SSSR count). The summed E-state index contributed by atoms with van der Waals surface area (Å²) in [5, 5.41) is 0. The summed E-state index contributed by atoms with van der Waals surface area (Å²) in [7, 11) is 1.57. The normalized spacial score (nSPS) is 11.4.